The Labute approximate surface area is 237 Å². The van der Waals surface area contributed by atoms with Crippen molar-refractivity contribution in [3.05, 3.63) is 82.9 Å². The standard InChI is InChI=1S/C17H18ClNO3S.C13H15NS/c1-2-22-16(21)9-13(8-14(20)10-18)15-11-19-17(23-15)12-6-4-3-5-7-12;1-13(2,3)12-14-9-11(15-12)10-7-5-4-6-8-10/h3-7,11,13H,2,8-10H2,1H3;4-9H,1-3H3. The van der Waals surface area contributed by atoms with E-state index >= 15 is 0 Å². The van der Waals surface area contributed by atoms with E-state index in [0.29, 0.717) is 6.61 Å². The monoisotopic (exact) mass is 568 g/mol. The molecule has 0 aliphatic rings. The zero-order chi connectivity index (χ0) is 27.5. The third kappa shape index (κ3) is 8.86. The van der Waals surface area contributed by atoms with Gasteiger partial charge in [0.25, 0.3) is 0 Å². The van der Waals surface area contributed by atoms with Crippen LogP contribution in [0.25, 0.3) is 21.0 Å². The van der Waals surface area contributed by atoms with Crippen LogP contribution in [0.3, 0.4) is 0 Å². The molecule has 5 nitrogen and oxygen atoms in total. The molecule has 2 heterocycles. The maximum Gasteiger partial charge on any atom is 0.306 e. The summed E-state index contributed by atoms with van der Waals surface area (Å²) in [4.78, 5) is 34.6. The number of carbonyl (C=O) groups is 2. The summed E-state index contributed by atoms with van der Waals surface area (Å²) in [6, 6.07) is 20.2. The summed E-state index contributed by atoms with van der Waals surface area (Å²) in [5.41, 5.74) is 2.42. The van der Waals surface area contributed by atoms with Gasteiger partial charge >= 0.3 is 5.97 Å². The number of hydrogen-bond donors (Lipinski definition) is 0. The van der Waals surface area contributed by atoms with E-state index in [1.54, 1.807) is 24.5 Å². The Balaban J connectivity index is 0.000000230. The number of rotatable bonds is 9. The molecule has 0 aliphatic heterocycles. The van der Waals surface area contributed by atoms with E-state index in [1.807, 2.05) is 42.6 Å². The van der Waals surface area contributed by atoms with Crippen LogP contribution in [0.4, 0.5) is 0 Å². The largest absolute Gasteiger partial charge is 0.466 e. The first-order valence-corrected chi connectivity index (χ1v) is 14.6. The number of carbonyl (C=O) groups excluding carboxylic acids is 2. The van der Waals surface area contributed by atoms with Gasteiger partial charge in [-0.3, -0.25) is 9.59 Å². The highest BCUT2D eigenvalue weighted by Gasteiger charge is 2.23. The first kappa shape index (κ1) is 29.7. The number of halogens is 1. The molecule has 0 saturated carbocycles. The van der Waals surface area contributed by atoms with Crippen LogP contribution in [0.1, 0.15) is 56.3 Å². The average Bonchev–Trinajstić information content (AvgIpc) is 3.61. The maximum atomic E-state index is 11.8. The summed E-state index contributed by atoms with van der Waals surface area (Å²) in [5.74, 6) is -0.690. The Bertz CT molecular complexity index is 1300. The van der Waals surface area contributed by atoms with Gasteiger partial charge in [0, 0.05) is 40.6 Å². The fourth-order valence-electron chi connectivity index (χ4n) is 3.57. The van der Waals surface area contributed by atoms with E-state index < -0.39 is 0 Å². The smallest absolute Gasteiger partial charge is 0.306 e. The zero-order valence-electron chi connectivity index (χ0n) is 22.1. The molecule has 4 rings (SSSR count). The van der Waals surface area contributed by atoms with E-state index in [0.717, 1.165) is 15.4 Å². The molecule has 0 N–H and O–H groups in total. The molecule has 38 heavy (non-hydrogen) atoms. The van der Waals surface area contributed by atoms with Gasteiger partial charge in [0.1, 0.15) is 10.8 Å². The fourth-order valence-corrected chi connectivity index (χ4v) is 5.68. The number of Topliss-reactive ketones (excluding diaryl/α,β-unsaturated/α-hetero) is 1. The molecule has 1 atom stereocenters. The molecule has 0 amide bonds. The van der Waals surface area contributed by atoms with E-state index in [1.165, 1.54) is 26.8 Å². The van der Waals surface area contributed by atoms with Gasteiger partial charge in [-0.2, -0.15) is 0 Å². The number of benzene rings is 2. The zero-order valence-corrected chi connectivity index (χ0v) is 24.5. The number of nitrogens with zero attached hydrogens (tertiary/aromatic N) is 2. The van der Waals surface area contributed by atoms with E-state index in [9.17, 15) is 9.59 Å². The average molecular weight is 569 g/mol. The third-order valence-corrected chi connectivity index (χ3v) is 8.47. The van der Waals surface area contributed by atoms with Crippen LogP contribution in [0.5, 0.6) is 0 Å². The summed E-state index contributed by atoms with van der Waals surface area (Å²) in [7, 11) is 0. The van der Waals surface area contributed by atoms with Crippen molar-refractivity contribution in [3.63, 3.8) is 0 Å². The molecular formula is C30H33ClN2O3S2. The fraction of sp³-hybridized carbons (Fsp3) is 0.333. The summed E-state index contributed by atoms with van der Waals surface area (Å²) in [5, 5.41) is 2.06. The Kier molecular flexibility index (Phi) is 11.2. The Morgan fingerprint density at radius 3 is 2.08 bits per heavy atom. The minimum Gasteiger partial charge on any atom is -0.466 e. The maximum absolute atomic E-state index is 11.8. The predicted molar refractivity (Wildman–Crippen MR) is 158 cm³/mol. The van der Waals surface area contributed by atoms with Crippen LogP contribution in [0.15, 0.2) is 73.1 Å². The second kappa shape index (κ2) is 14.3. The Morgan fingerprint density at radius 1 is 0.895 bits per heavy atom. The second-order valence-electron chi connectivity index (χ2n) is 9.66. The van der Waals surface area contributed by atoms with Gasteiger partial charge in [-0.05, 0) is 12.5 Å². The topological polar surface area (TPSA) is 69.2 Å². The molecule has 2 aromatic heterocycles. The Morgan fingerprint density at radius 2 is 1.53 bits per heavy atom. The van der Waals surface area contributed by atoms with Crippen molar-refractivity contribution in [1.29, 1.82) is 0 Å². The first-order chi connectivity index (χ1) is 18.2. The predicted octanol–water partition coefficient (Wildman–Crippen LogP) is 8.15. The number of ether oxygens (including phenoxy) is 1. The highest BCUT2D eigenvalue weighted by molar-refractivity contribution is 7.15. The lowest BCUT2D eigenvalue weighted by atomic mass is 9.98. The minimum atomic E-state index is -0.311. The lowest BCUT2D eigenvalue weighted by Crippen LogP contribution is -2.14. The van der Waals surface area contributed by atoms with Gasteiger partial charge < -0.3 is 4.74 Å². The number of alkyl halides is 1. The SMILES string of the molecule is CC(C)(C)c1ncc(-c2ccccc2)s1.CCOC(=O)CC(CC(=O)CCl)c1cnc(-c2ccccc2)s1. The molecule has 0 bridgehead atoms. The highest BCUT2D eigenvalue weighted by atomic mass is 35.5. The van der Waals surface area contributed by atoms with Gasteiger partial charge in [-0.25, -0.2) is 9.97 Å². The minimum absolute atomic E-state index is 0.0519. The summed E-state index contributed by atoms with van der Waals surface area (Å²) in [6.45, 7) is 8.67. The molecule has 0 fully saturated rings. The van der Waals surface area contributed by atoms with E-state index in [-0.39, 0.29) is 41.8 Å². The number of ketones is 1. The van der Waals surface area contributed by atoms with E-state index in [2.05, 4.69) is 55.0 Å². The van der Waals surface area contributed by atoms with Crippen LogP contribution in [-0.4, -0.2) is 34.2 Å². The molecule has 2 aromatic carbocycles. The quantitative estimate of drug-likeness (QED) is 0.150. The van der Waals surface area contributed by atoms with Crippen LogP contribution in [0, 0.1) is 0 Å². The van der Waals surface area contributed by atoms with Gasteiger partial charge in [-0.15, -0.1) is 34.3 Å². The van der Waals surface area contributed by atoms with Crippen LogP contribution in [0.2, 0.25) is 0 Å². The van der Waals surface area contributed by atoms with E-state index in [4.69, 9.17) is 16.3 Å². The van der Waals surface area contributed by atoms with Gasteiger partial charge in [0.2, 0.25) is 0 Å². The number of hydrogen-bond acceptors (Lipinski definition) is 7. The molecule has 0 saturated heterocycles. The molecule has 0 aliphatic carbocycles. The molecule has 4 aromatic rings. The Hall–Kier alpha value is -2.87. The summed E-state index contributed by atoms with van der Waals surface area (Å²) < 4.78 is 5.00. The van der Waals surface area contributed by atoms with Crippen molar-refractivity contribution in [2.75, 3.05) is 12.5 Å². The summed E-state index contributed by atoms with van der Waals surface area (Å²) >= 11 is 8.88. The molecule has 1 unspecified atom stereocenters. The van der Waals surface area contributed by atoms with Crippen molar-refractivity contribution in [1.82, 2.24) is 9.97 Å². The van der Waals surface area contributed by atoms with Gasteiger partial charge in [-0.1, -0.05) is 81.4 Å². The lowest BCUT2D eigenvalue weighted by molar-refractivity contribution is -0.143. The molecular weight excluding hydrogens is 536 g/mol. The van der Waals surface area contributed by atoms with Crippen LogP contribution in [-0.2, 0) is 19.7 Å². The van der Waals surface area contributed by atoms with Crippen LogP contribution >= 0.6 is 34.3 Å². The highest BCUT2D eigenvalue weighted by Crippen LogP contribution is 2.34. The second-order valence-corrected chi connectivity index (χ2v) is 12.0. The first-order valence-electron chi connectivity index (χ1n) is 12.5. The number of esters is 1. The van der Waals surface area contributed by atoms with Crippen molar-refractivity contribution in [2.24, 2.45) is 0 Å². The van der Waals surface area contributed by atoms with Crippen molar-refractivity contribution in [3.8, 4) is 21.0 Å². The lowest BCUT2D eigenvalue weighted by Gasteiger charge is -2.13. The van der Waals surface area contributed by atoms with Gasteiger partial charge in [0.05, 0.1) is 28.8 Å². The summed E-state index contributed by atoms with van der Waals surface area (Å²) in [6.07, 6.45) is 4.09. The third-order valence-electron chi connectivity index (χ3n) is 5.49. The van der Waals surface area contributed by atoms with Crippen molar-refractivity contribution < 1.29 is 14.3 Å². The van der Waals surface area contributed by atoms with Crippen molar-refractivity contribution >= 4 is 46.0 Å². The van der Waals surface area contributed by atoms with Gasteiger partial charge in [0.15, 0.2) is 0 Å². The van der Waals surface area contributed by atoms with Crippen LogP contribution < -0.4 is 0 Å². The number of aromatic nitrogens is 2. The molecule has 0 spiro atoms. The number of thiazole rings is 2. The molecule has 0 radical (unpaired) electrons. The van der Waals surface area contributed by atoms with Crippen molar-refractivity contribution in [2.45, 2.75) is 51.9 Å². The molecule has 8 heteroatoms. The normalized spacial score (nSPS) is 11.8. The molecule has 200 valence electrons.